The van der Waals surface area contributed by atoms with Gasteiger partial charge in [0.15, 0.2) is 5.04 Å². The van der Waals surface area contributed by atoms with E-state index in [4.69, 9.17) is 10.1 Å². The smallest absolute Gasteiger partial charge is 0.224 e. The van der Waals surface area contributed by atoms with E-state index in [2.05, 4.69) is 42.3 Å². The third kappa shape index (κ3) is 6.17. The fourth-order valence-corrected chi connectivity index (χ4v) is 6.10. The molecule has 0 saturated carbocycles. The van der Waals surface area contributed by atoms with Gasteiger partial charge in [-0.2, -0.15) is 0 Å². The van der Waals surface area contributed by atoms with Crippen LogP contribution in [0, 0.1) is 11.3 Å². The Bertz CT molecular complexity index is 1450. The highest BCUT2D eigenvalue weighted by molar-refractivity contribution is 8.07. The number of hydrogen-bond acceptors (Lipinski definition) is 6. The van der Waals surface area contributed by atoms with Crippen LogP contribution in [-0.2, 0) is 9.84 Å². The van der Waals surface area contributed by atoms with Crippen LogP contribution in [0.4, 0.5) is 5.69 Å². The molecule has 200 valence electrons. The second-order valence-corrected chi connectivity index (χ2v) is 11.5. The van der Waals surface area contributed by atoms with Gasteiger partial charge in [-0.1, -0.05) is 74.0 Å². The average Bonchev–Trinajstić information content (AvgIpc) is 2.95. The first kappa shape index (κ1) is 27.6. The predicted octanol–water partition coefficient (Wildman–Crippen LogP) is 6.29. The minimum atomic E-state index is -4.10. The van der Waals surface area contributed by atoms with Crippen LogP contribution in [0.2, 0.25) is 0 Å². The summed E-state index contributed by atoms with van der Waals surface area (Å²) in [4.78, 5) is 2.28. The van der Waals surface area contributed by atoms with E-state index in [1.807, 2.05) is 43.4 Å². The topological polar surface area (TPSA) is 82.5 Å². The van der Waals surface area contributed by atoms with Crippen LogP contribution in [0.3, 0.4) is 0 Å². The molecule has 1 aliphatic carbocycles. The lowest BCUT2D eigenvalue weighted by Crippen LogP contribution is -2.24. The molecule has 0 amide bonds. The molecule has 38 heavy (non-hydrogen) atoms. The highest BCUT2D eigenvalue weighted by Gasteiger charge is 2.27. The van der Waals surface area contributed by atoms with Gasteiger partial charge < -0.3 is 15.0 Å². The predicted molar refractivity (Wildman–Crippen MR) is 157 cm³/mol. The standard InChI is InChI=1S/C31H37N3O3S/c1-4-23-11-6-7-13-25(23)22-33-29-18-17-26(37-20-19-34(3)5-2)21-28(29)31(32)38(35,36)30-16-10-14-24-12-8-9-15-27(24)30/h6-12,14-18,21,25,32-33H,4-5,13,19-20,22H2,1-3H3. The summed E-state index contributed by atoms with van der Waals surface area (Å²) < 4.78 is 33.6. The van der Waals surface area contributed by atoms with Gasteiger partial charge >= 0.3 is 0 Å². The van der Waals surface area contributed by atoms with Crippen LogP contribution < -0.4 is 10.1 Å². The zero-order valence-corrected chi connectivity index (χ0v) is 23.2. The molecular formula is C31H37N3O3S. The number of likely N-dealkylation sites (N-methyl/N-ethyl adjacent to an activating group) is 1. The van der Waals surface area contributed by atoms with Crippen molar-refractivity contribution >= 4 is 31.3 Å². The maximum absolute atomic E-state index is 13.8. The van der Waals surface area contributed by atoms with Crippen molar-refractivity contribution in [3.8, 4) is 5.75 Å². The molecular weight excluding hydrogens is 494 g/mol. The molecule has 4 rings (SSSR count). The highest BCUT2D eigenvalue weighted by Crippen LogP contribution is 2.31. The van der Waals surface area contributed by atoms with Crippen molar-refractivity contribution < 1.29 is 13.2 Å². The Hall–Kier alpha value is -3.42. The van der Waals surface area contributed by atoms with Crippen molar-refractivity contribution in [1.29, 1.82) is 5.41 Å². The molecule has 6 nitrogen and oxygen atoms in total. The van der Waals surface area contributed by atoms with E-state index in [1.165, 1.54) is 5.57 Å². The minimum Gasteiger partial charge on any atom is -0.492 e. The largest absolute Gasteiger partial charge is 0.492 e. The monoisotopic (exact) mass is 531 g/mol. The SMILES string of the molecule is CCC1=CC=CCC1CNc1ccc(OCCN(C)CC)cc1C(=N)S(=O)(=O)c1cccc2ccccc12. The molecule has 1 unspecified atom stereocenters. The number of nitrogens with one attached hydrogen (secondary N) is 2. The Balaban J connectivity index is 1.67. The number of sulfone groups is 1. The van der Waals surface area contributed by atoms with Crippen molar-refractivity contribution in [3.05, 3.63) is 90.0 Å². The summed E-state index contributed by atoms with van der Waals surface area (Å²) in [5.41, 5.74) is 2.29. The van der Waals surface area contributed by atoms with Crippen LogP contribution in [0.25, 0.3) is 10.8 Å². The highest BCUT2D eigenvalue weighted by atomic mass is 32.2. The molecule has 3 aromatic carbocycles. The molecule has 0 heterocycles. The molecule has 0 fully saturated rings. The number of nitrogens with zero attached hydrogens (tertiary/aromatic N) is 1. The number of fused-ring (bicyclic) bond motifs is 1. The van der Waals surface area contributed by atoms with Crippen molar-refractivity contribution in [1.82, 2.24) is 4.90 Å². The number of anilines is 1. The number of hydrogen-bond donors (Lipinski definition) is 2. The van der Waals surface area contributed by atoms with Gasteiger partial charge in [0, 0.05) is 35.6 Å². The second-order valence-electron chi connectivity index (χ2n) is 9.60. The van der Waals surface area contributed by atoms with Crippen LogP contribution in [-0.4, -0.2) is 51.7 Å². The summed E-state index contributed by atoms with van der Waals surface area (Å²) in [6, 6.07) is 17.9. The van der Waals surface area contributed by atoms with Crippen LogP contribution >= 0.6 is 0 Å². The molecule has 0 radical (unpaired) electrons. The van der Waals surface area contributed by atoms with E-state index in [0.29, 0.717) is 41.5 Å². The number of rotatable bonds is 11. The van der Waals surface area contributed by atoms with Gasteiger partial charge in [0.05, 0.1) is 4.90 Å². The molecule has 3 aromatic rings. The Morgan fingerprint density at radius 1 is 1.11 bits per heavy atom. The van der Waals surface area contributed by atoms with Crippen LogP contribution in [0.15, 0.2) is 89.4 Å². The third-order valence-electron chi connectivity index (χ3n) is 7.16. The van der Waals surface area contributed by atoms with E-state index in [1.54, 1.807) is 24.3 Å². The molecule has 2 N–H and O–H groups in total. The first-order valence-electron chi connectivity index (χ1n) is 13.2. The van der Waals surface area contributed by atoms with E-state index in [9.17, 15) is 8.42 Å². The lowest BCUT2D eigenvalue weighted by molar-refractivity contribution is 0.244. The first-order valence-corrected chi connectivity index (χ1v) is 14.7. The van der Waals surface area contributed by atoms with Crippen molar-refractivity contribution in [3.63, 3.8) is 0 Å². The van der Waals surface area contributed by atoms with E-state index in [0.717, 1.165) is 31.3 Å². The quantitative estimate of drug-likeness (QED) is 0.224. The molecule has 1 atom stereocenters. The molecule has 7 heteroatoms. The summed E-state index contributed by atoms with van der Waals surface area (Å²) in [6.45, 7) is 7.02. The molecule has 0 aromatic heterocycles. The molecule has 0 saturated heterocycles. The Labute approximate surface area is 226 Å². The lowest BCUT2D eigenvalue weighted by Gasteiger charge is -2.23. The van der Waals surface area contributed by atoms with E-state index < -0.39 is 14.9 Å². The van der Waals surface area contributed by atoms with Crippen LogP contribution in [0.5, 0.6) is 5.75 Å². The fourth-order valence-electron chi connectivity index (χ4n) is 4.69. The average molecular weight is 532 g/mol. The third-order valence-corrected chi connectivity index (χ3v) is 8.86. The van der Waals surface area contributed by atoms with Gasteiger partial charge in [0.25, 0.3) is 0 Å². The van der Waals surface area contributed by atoms with Gasteiger partial charge in [-0.3, -0.25) is 5.41 Å². The summed E-state index contributed by atoms with van der Waals surface area (Å²) in [5, 5.41) is 13.4. The van der Waals surface area contributed by atoms with Crippen LogP contribution in [0.1, 0.15) is 32.3 Å². The maximum atomic E-state index is 13.8. The van der Waals surface area contributed by atoms with Gasteiger partial charge in [0.1, 0.15) is 12.4 Å². The summed E-state index contributed by atoms with van der Waals surface area (Å²) >= 11 is 0. The number of allylic oxidation sites excluding steroid dienone is 3. The summed E-state index contributed by atoms with van der Waals surface area (Å²) in [6.07, 6.45) is 8.31. The Kier molecular flexibility index (Phi) is 9.02. The van der Waals surface area contributed by atoms with E-state index in [-0.39, 0.29) is 4.90 Å². The number of ether oxygens (including phenoxy) is 1. The fraction of sp³-hybridized carbons (Fsp3) is 0.323. The van der Waals surface area contributed by atoms with Crippen molar-refractivity contribution in [2.24, 2.45) is 5.92 Å². The zero-order chi connectivity index (χ0) is 27.1. The summed E-state index contributed by atoms with van der Waals surface area (Å²) in [5.74, 6) is 0.866. The molecule has 0 aliphatic heterocycles. The van der Waals surface area contributed by atoms with Gasteiger partial charge in [-0.15, -0.1) is 0 Å². The molecule has 1 aliphatic rings. The molecule has 0 spiro atoms. The maximum Gasteiger partial charge on any atom is 0.224 e. The van der Waals surface area contributed by atoms with E-state index >= 15 is 0 Å². The number of benzene rings is 3. The normalized spacial score (nSPS) is 15.5. The van der Waals surface area contributed by atoms with Crippen molar-refractivity contribution in [2.75, 3.05) is 38.6 Å². The lowest BCUT2D eigenvalue weighted by atomic mass is 9.89. The van der Waals surface area contributed by atoms with Crippen molar-refractivity contribution in [2.45, 2.75) is 31.6 Å². The Morgan fingerprint density at radius 3 is 2.68 bits per heavy atom. The summed E-state index contributed by atoms with van der Waals surface area (Å²) in [7, 11) is -2.08. The van der Waals surface area contributed by atoms with Gasteiger partial charge in [0.2, 0.25) is 9.84 Å². The first-order chi connectivity index (χ1) is 18.3. The Morgan fingerprint density at radius 2 is 1.89 bits per heavy atom. The van der Waals surface area contributed by atoms with Gasteiger partial charge in [-0.25, -0.2) is 8.42 Å². The van der Waals surface area contributed by atoms with Gasteiger partial charge in [-0.05, 0) is 56.1 Å². The second kappa shape index (κ2) is 12.4. The minimum absolute atomic E-state index is 0.135. The zero-order valence-electron chi connectivity index (χ0n) is 22.4. The molecule has 0 bridgehead atoms.